The molecule has 0 amide bonds. The number of aryl methyl sites for hydroxylation is 1. The summed E-state index contributed by atoms with van der Waals surface area (Å²) in [6.45, 7) is 8.12. The van der Waals surface area contributed by atoms with Crippen molar-refractivity contribution in [2.75, 3.05) is 0 Å². The van der Waals surface area contributed by atoms with Crippen LogP contribution in [0.15, 0.2) is 11.0 Å². The van der Waals surface area contributed by atoms with Gasteiger partial charge in [0, 0.05) is 11.8 Å². The normalized spacial score (nSPS) is 12.0. The highest BCUT2D eigenvalue weighted by Crippen LogP contribution is 2.09. The highest BCUT2D eigenvalue weighted by molar-refractivity contribution is 5.05. The topological polar surface area (TPSA) is 37.8 Å². The Labute approximate surface area is 78.8 Å². The zero-order valence-corrected chi connectivity index (χ0v) is 8.85. The van der Waals surface area contributed by atoms with Crippen LogP contribution in [0.5, 0.6) is 0 Å². The van der Waals surface area contributed by atoms with E-state index in [4.69, 9.17) is 0 Å². The molecule has 0 saturated carbocycles. The Bertz CT molecular complexity index is 327. The van der Waals surface area contributed by atoms with E-state index in [9.17, 15) is 4.79 Å². The van der Waals surface area contributed by atoms with Crippen LogP contribution in [0.25, 0.3) is 0 Å². The van der Waals surface area contributed by atoms with Gasteiger partial charge in [-0.1, -0.05) is 13.3 Å². The van der Waals surface area contributed by atoms with E-state index in [-0.39, 0.29) is 11.1 Å². The quantitative estimate of drug-likeness (QED) is 0.745. The molecule has 1 aromatic rings. The highest BCUT2D eigenvalue weighted by Gasteiger charge is 2.17. The first kappa shape index (κ1) is 10.1. The minimum atomic E-state index is -0.150. The molecule has 0 aromatic carbocycles. The molecular weight excluding hydrogens is 164 g/mol. The van der Waals surface area contributed by atoms with Crippen LogP contribution in [-0.2, 0) is 12.0 Å². The van der Waals surface area contributed by atoms with Gasteiger partial charge in [0.05, 0.1) is 5.54 Å². The Hall–Kier alpha value is -0.990. The molecule has 0 saturated heterocycles. The molecular formula is C10H18N2O. The lowest BCUT2D eigenvalue weighted by atomic mass is 10.1. The van der Waals surface area contributed by atoms with E-state index < -0.39 is 0 Å². The predicted octanol–water partition coefficient (Wildman–Crippen LogP) is 1.88. The van der Waals surface area contributed by atoms with E-state index >= 15 is 0 Å². The number of hydrogen-bond acceptors (Lipinski definition) is 1. The van der Waals surface area contributed by atoms with Crippen LogP contribution >= 0.6 is 0 Å². The van der Waals surface area contributed by atoms with Crippen molar-refractivity contribution >= 4 is 0 Å². The Morgan fingerprint density at radius 1 is 1.46 bits per heavy atom. The van der Waals surface area contributed by atoms with Crippen molar-refractivity contribution in [3.05, 3.63) is 22.1 Å². The lowest BCUT2D eigenvalue weighted by Crippen LogP contribution is -2.33. The zero-order chi connectivity index (χ0) is 10.1. The van der Waals surface area contributed by atoms with Gasteiger partial charge >= 0.3 is 0 Å². The van der Waals surface area contributed by atoms with Gasteiger partial charge in [-0.3, -0.25) is 4.79 Å². The summed E-state index contributed by atoms with van der Waals surface area (Å²) in [5.74, 6) is 0. The summed E-state index contributed by atoms with van der Waals surface area (Å²) in [6, 6.07) is 0. The number of nitrogens with zero attached hydrogens (tertiary/aromatic N) is 1. The first-order valence-corrected chi connectivity index (χ1v) is 4.76. The zero-order valence-electron chi connectivity index (χ0n) is 8.85. The molecule has 0 aliphatic heterocycles. The molecule has 74 valence electrons. The molecule has 0 radical (unpaired) electrons. The monoisotopic (exact) mass is 182 g/mol. The SMILES string of the molecule is CCCc1c[nH]n(C(C)(C)C)c1=O. The molecule has 1 heterocycles. The fraction of sp³-hybridized carbons (Fsp3) is 0.700. The van der Waals surface area contributed by atoms with Gasteiger partial charge in [-0.2, -0.15) is 0 Å². The lowest BCUT2D eigenvalue weighted by molar-refractivity contribution is 0.345. The van der Waals surface area contributed by atoms with E-state index in [1.54, 1.807) is 4.68 Å². The van der Waals surface area contributed by atoms with Gasteiger partial charge in [0.15, 0.2) is 0 Å². The predicted molar refractivity (Wildman–Crippen MR) is 54.0 cm³/mol. The third-order valence-corrected chi connectivity index (χ3v) is 2.04. The van der Waals surface area contributed by atoms with Crippen LogP contribution < -0.4 is 5.56 Å². The van der Waals surface area contributed by atoms with Gasteiger partial charge in [0.25, 0.3) is 5.56 Å². The van der Waals surface area contributed by atoms with Gasteiger partial charge < -0.3 is 5.10 Å². The number of hydrogen-bond donors (Lipinski definition) is 1. The van der Waals surface area contributed by atoms with Gasteiger partial charge in [0.2, 0.25) is 0 Å². The maximum atomic E-state index is 11.7. The Balaban J connectivity index is 3.07. The number of aromatic amines is 1. The van der Waals surface area contributed by atoms with E-state index in [0.717, 1.165) is 18.4 Å². The average molecular weight is 182 g/mol. The Morgan fingerprint density at radius 3 is 2.46 bits per heavy atom. The van der Waals surface area contributed by atoms with Gasteiger partial charge in [-0.05, 0) is 27.2 Å². The molecule has 0 spiro atoms. The largest absolute Gasteiger partial charge is 0.302 e. The summed E-state index contributed by atoms with van der Waals surface area (Å²) < 4.78 is 1.68. The fourth-order valence-electron chi connectivity index (χ4n) is 1.35. The summed E-state index contributed by atoms with van der Waals surface area (Å²) in [5, 5.41) is 3.00. The highest BCUT2D eigenvalue weighted by atomic mass is 16.1. The van der Waals surface area contributed by atoms with Crippen molar-refractivity contribution < 1.29 is 0 Å². The molecule has 0 bridgehead atoms. The van der Waals surface area contributed by atoms with Gasteiger partial charge in [-0.25, -0.2) is 4.68 Å². The summed E-state index contributed by atoms with van der Waals surface area (Å²) in [6.07, 6.45) is 3.69. The third-order valence-electron chi connectivity index (χ3n) is 2.04. The molecule has 3 heteroatoms. The van der Waals surface area contributed by atoms with E-state index in [1.165, 1.54) is 0 Å². The molecule has 3 nitrogen and oxygen atoms in total. The molecule has 1 N–H and O–H groups in total. The fourth-order valence-corrected chi connectivity index (χ4v) is 1.35. The van der Waals surface area contributed by atoms with Crippen molar-refractivity contribution in [2.24, 2.45) is 0 Å². The molecule has 1 rings (SSSR count). The second kappa shape index (κ2) is 3.40. The Morgan fingerprint density at radius 2 is 2.08 bits per heavy atom. The van der Waals surface area contributed by atoms with Crippen LogP contribution in [0.2, 0.25) is 0 Å². The summed E-state index contributed by atoms with van der Waals surface area (Å²) >= 11 is 0. The lowest BCUT2D eigenvalue weighted by Gasteiger charge is -2.18. The summed E-state index contributed by atoms with van der Waals surface area (Å²) in [7, 11) is 0. The van der Waals surface area contributed by atoms with Crippen molar-refractivity contribution in [3.8, 4) is 0 Å². The molecule has 0 aliphatic rings. The minimum absolute atomic E-state index is 0.120. The van der Waals surface area contributed by atoms with Gasteiger partial charge in [0.1, 0.15) is 0 Å². The van der Waals surface area contributed by atoms with Crippen LogP contribution in [-0.4, -0.2) is 9.78 Å². The maximum Gasteiger partial charge on any atom is 0.270 e. The molecule has 0 fully saturated rings. The number of nitrogens with one attached hydrogen (secondary N) is 1. The van der Waals surface area contributed by atoms with Crippen LogP contribution in [0.3, 0.4) is 0 Å². The van der Waals surface area contributed by atoms with Crippen molar-refractivity contribution in [1.29, 1.82) is 0 Å². The van der Waals surface area contributed by atoms with Crippen LogP contribution in [0, 0.1) is 0 Å². The molecule has 0 atom stereocenters. The molecule has 1 aromatic heterocycles. The number of H-pyrrole nitrogens is 1. The third kappa shape index (κ3) is 2.02. The smallest absolute Gasteiger partial charge is 0.270 e. The maximum absolute atomic E-state index is 11.7. The van der Waals surface area contributed by atoms with Gasteiger partial charge in [-0.15, -0.1) is 0 Å². The van der Waals surface area contributed by atoms with Crippen molar-refractivity contribution in [2.45, 2.75) is 46.1 Å². The van der Waals surface area contributed by atoms with Crippen molar-refractivity contribution in [3.63, 3.8) is 0 Å². The minimum Gasteiger partial charge on any atom is -0.302 e. The molecule has 0 unspecified atom stereocenters. The van der Waals surface area contributed by atoms with Crippen LogP contribution in [0.4, 0.5) is 0 Å². The standard InChI is InChI=1S/C10H18N2O/c1-5-6-8-7-11-12(9(8)13)10(2,3)4/h7,11H,5-6H2,1-4H3. The van der Waals surface area contributed by atoms with E-state index in [2.05, 4.69) is 12.0 Å². The average Bonchev–Trinajstić information content (AvgIpc) is 2.32. The molecule has 0 aliphatic carbocycles. The van der Waals surface area contributed by atoms with E-state index in [1.807, 2.05) is 27.0 Å². The molecule has 13 heavy (non-hydrogen) atoms. The summed E-state index contributed by atoms with van der Waals surface area (Å²) in [5.41, 5.74) is 0.857. The van der Waals surface area contributed by atoms with Crippen molar-refractivity contribution in [1.82, 2.24) is 9.78 Å². The second-order valence-electron chi connectivity index (χ2n) is 4.36. The first-order chi connectivity index (χ1) is 5.96. The van der Waals surface area contributed by atoms with E-state index in [0.29, 0.717) is 0 Å². The number of rotatable bonds is 2. The summed E-state index contributed by atoms with van der Waals surface area (Å²) in [4.78, 5) is 11.7. The Kier molecular flexibility index (Phi) is 2.64. The number of aromatic nitrogens is 2. The second-order valence-corrected chi connectivity index (χ2v) is 4.36. The first-order valence-electron chi connectivity index (χ1n) is 4.76. The van der Waals surface area contributed by atoms with Crippen LogP contribution in [0.1, 0.15) is 39.7 Å².